The van der Waals surface area contributed by atoms with Crippen molar-refractivity contribution in [3.63, 3.8) is 0 Å². The van der Waals surface area contributed by atoms with Gasteiger partial charge >= 0.3 is 0 Å². The Labute approximate surface area is 154 Å². The second-order valence-corrected chi connectivity index (χ2v) is 6.14. The van der Waals surface area contributed by atoms with Crippen LogP contribution in [0.3, 0.4) is 0 Å². The Bertz CT molecular complexity index is 867. The van der Waals surface area contributed by atoms with Crippen molar-refractivity contribution in [2.24, 2.45) is 0 Å². The van der Waals surface area contributed by atoms with Gasteiger partial charge in [0.25, 0.3) is 0 Å². The van der Waals surface area contributed by atoms with Crippen molar-refractivity contribution in [1.29, 1.82) is 0 Å². The molecule has 0 spiro atoms. The molecular weight excluding hydrogens is 354 g/mol. The maximum Gasteiger partial charge on any atom is 0.237 e. The molecule has 0 radical (unpaired) electrons. The Kier molecular flexibility index (Phi) is 5.75. The summed E-state index contributed by atoms with van der Waals surface area (Å²) in [6.07, 6.45) is 1.50. The van der Waals surface area contributed by atoms with Gasteiger partial charge in [-0.25, -0.2) is 0 Å². The van der Waals surface area contributed by atoms with Crippen molar-refractivity contribution in [2.45, 2.75) is 5.03 Å². The molecule has 1 aromatic carbocycles. The van der Waals surface area contributed by atoms with Crippen molar-refractivity contribution >= 4 is 23.6 Å². The summed E-state index contributed by atoms with van der Waals surface area (Å²) in [5, 5.41) is 11.7. The van der Waals surface area contributed by atoms with Crippen LogP contribution in [0.1, 0.15) is 0 Å². The van der Waals surface area contributed by atoms with E-state index in [0.717, 1.165) is 5.56 Å². The summed E-state index contributed by atoms with van der Waals surface area (Å²) in [5.74, 6) is 1.74. The first-order valence-corrected chi connectivity index (χ1v) is 8.70. The van der Waals surface area contributed by atoms with Crippen LogP contribution in [-0.4, -0.2) is 36.1 Å². The number of aromatic nitrogens is 2. The van der Waals surface area contributed by atoms with E-state index in [1.165, 1.54) is 18.0 Å². The first-order valence-electron chi connectivity index (χ1n) is 7.72. The number of anilines is 1. The lowest BCUT2D eigenvalue weighted by molar-refractivity contribution is -0.113. The van der Waals surface area contributed by atoms with E-state index in [0.29, 0.717) is 28.1 Å². The van der Waals surface area contributed by atoms with Gasteiger partial charge in [0.05, 0.1) is 31.9 Å². The lowest BCUT2D eigenvalue weighted by Gasteiger charge is -2.09. The highest BCUT2D eigenvalue weighted by atomic mass is 32.2. The van der Waals surface area contributed by atoms with Crippen molar-refractivity contribution in [2.75, 3.05) is 25.3 Å². The second-order valence-electron chi connectivity index (χ2n) is 5.14. The van der Waals surface area contributed by atoms with Gasteiger partial charge in [0.1, 0.15) is 5.03 Å². The molecule has 0 atom stereocenters. The lowest BCUT2D eigenvalue weighted by Crippen LogP contribution is -2.13. The van der Waals surface area contributed by atoms with Crippen LogP contribution in [0.2, 0.25) is 0 Å². The van der Waals surface area contributed by atoms with Crippen molar-refractivity contribution in [3.8, 4) is 22.8 Å². The minimum Gasteiger partial charge on any atom is -0.493 e. The maximum atomic E-state index is 11.8. The Balaban J connectivity index is 1.62. The molecule has 0 aliphatic carbocycles. The van der Waals surface area contributed by atoms with E-state index < -0.39 is 0 Å². The van der Waals surface area contributed by atoms with Crippen LogP contribution in [0.25, 0.3) is 11.3 Å². The number of hydrogen-bond donors (Lipinski definition) is 1. The van der Waals surface area contributed by atoms with Gasteiger partial charge in [-0.05, 0) is 36.4 Å². The summed E-state index contributed by atoms with van der Waals surface area (Å²) in [7, 11) is 3.17. The zero-order valence-electron chi connectivity index (χ0n) is 14.3. The fourth-order valence-corrected chi connectivity index (χ4v) is 2.82. The molecule has 3 aromatic rings. The van der Waals surface area contributed by atoms with Crippen molar-refractivity contribution in [1.82, 2.24) is 10.2 Å². The number of thioether (sulfide) groups is 1. The largest absolute Gasteiger partial charge is 0.493 e. The van der Waals surface area contributed by atoms with Gasteiger partial charge in [-0.3, -0.25) is 10.1 Å². The van der Waals surface area contributed by atoms with Gasteiger partial charge in [-0.2, -0.15) is 0 Å². The molecule has 1 amide bonds. The van der Waals surface area contributed by atoms with Gasteiger partial charge in [0.15, 0.2) is 17.4 Å². The van der Waals surface area contributed by atoms with E-state index in [1.807, 2.05) is 30.3 Å². The normalized spacial score (nSPS) is 10.4. The van der Waals surface area contributed by atoms with E-state index in [9.17, 15) is 4.79 Å². The number of ether oxygens (including phenoxy) is 2. The molecule has 3 rings (SSSR count). The van der Waals surface area contributed by atoms with E-state index in [-0.39, 0.29) is 11.7 Å². The Morgan fingerprint density at radius 2 is 1.96 bits per heavy atom. The number of rotatable bonds is 7. The molecule has 0 unspecified atom stereocenters. The van der Waals surface area contributed by atoms with Gasteiger partial charge < -0.3 is 13.9 Å². The van der Waals surface area contributed by atoms with Crippen molar-refractivity contribution < 1.29 is 18.7 Å². The Hall–Kier alpha value is -3.00. The van der Waals surface area contributed by atoms with Crippen LogP contribution in [0, 0.1) is 0 Å². The Morgan fingerprint density at radius 3 is 2.62 bits per heavy atom. The summed E-state index contributed by atoms with van der Waals surface area (Å²) >= 11 is 1.30. The molecule has 1 N–H and O–H groups in total. The standard InChI is InChI=1S/C18H17N3O4S/c1-23-14-7-5-12(10-15(14)24-2)13-6-8-18(21-20-13)26-11-16(22)19-17-4-3-9-25-17/h3-10H,11H2,1-2H3,(H,19,22). The molecule has 0 aliphatic heterocycles. The summed E-state index contributed by atoms with van der Waals surface area (Å²) in [6, 6.07) is 12.6. The maximum absolute atomic E-state index is 11.8. The van der Waals surface area contributed by atoms with Gasteiger partial charge in [0.2, 0.25) is 5.91 Å². The molecule has 0 saturated carbocycles. The van der Waals surface area contributed by atoms with Crippen LogP contribution < -0.4 is 14.8 Å². The third kappa shape index (κ3) is 4.34. The zero-order valence-corrected chi connectivity index (χ0v) is 15.1. The predicted molar refractivity (Wildman–Crippen MR) is 98.6 cm³/mol. The SMILES string of the molecule is COc1ccc(-c2ccc(SCC(=O)Nc3ccco3)nn2)cc1OC. The molecule has 0 bridgehead atoms. The van der Waals surface area contributed by atoms with Crippen LogP contribution in [-0.2, 0) is 4.79 Å². The monoisotopic (exact) mass is 371 g/mol. The molecule has 0 aliphatic rings. The van der Waals surface area contributed by atoms with Gasteiger partial charge in [-0.1, -0.05) is 11.8 Å². The van der Waals surface area contributed by atoms with Crippen LogP contribution in [0.15, 0.2) is 58.2 Å². The van der Waals surface area contributed by atoms with E-state index in [1.54, 1.807) is 26.4 Å². The first-order chi connectivity index (χ1) is 12.7. The number of methoxy groups -OCH3 is 2. The third-order valence-corrected chi connectivity index (χ3v) is 4.37. The highest BCUT2D eigenvalue weighted by molar-refractivity contribution is 7.99. The predicted octanol–water partition coefficient (Wildman–Crippen LogP) is 3.48. The highest BCUT2D eigenvalue weighted by Crippen LogP contribution is 2.31. The summed E-state index contributed by atoms with van der Waals surface area (Å²) in [5.41, 5.74) is 1.57. The molecule has 0 saturated heterocycles. The molecule has 8 heteroatoms. The molecule has 26 heavy (non-hydrogen) atoms. The second kappa shape index (κ2) is 8.39. The molecule has 2 aromatic heterocycles. The van der Waals surface area contributed by atoms with Crippen LogP contribution in [0.5, 0.6) is 11.5 Å². The van der Waals surface area contributed by atoms with Crippen molar-refractivity contribution in [3.05, 3.63) is 48.7 Å². The molecule has 7 nitrogen and oxygen atoms in total. The quantitative estimate of drug-likeness (QED) is 0.636. The van der Waals surface area contributed by atoms with Gasteiger partial charge in [0, 0.05) is 11.6 Å². The lowest BCUT2D eigenvalue weighted by atomic mass is 10.1. The summed E-state index contributed by atoms with van der Waals surface area (Å²) in [4.78, 5) is 11.8. The van der Waals surface area contributed by atoms with E-state index in [2.05, 4.69) is 15.5 Å². The van der Waals surface area contributed by atoms with Gasteiger partial charge in [-0.15, -0.1) is 10.2 Å². The number of nitrogens with one attached hydrogen (secondary N) is 1. The number of furan rings is 1. The van der Waals surface area contributed by atoms with E-state index >= 15 is 0 Å². The van der Waals surface area contributed by atoms with E-state index in [4.69, 9.17) is 13.9 Å². The molecule has 2 heterocycles. The molecular formula is C18H17N3O4S. The fraction of sp³-hybridized carbons (Fsp3) is 0.167. The minimum atomic E-state index is -0.171. The smallest absolute Gasteiger partial charge is 0.237 e. The van der Waals surface area contributed by atoms with Crippen LogP contribution >= 0.6 is 11.8 Å². The Morgan fingerprint density at radius 1 is 1.12 bits per heavy atom. The summed E-state index contributed by atoms with van der Waals surface area (Å²) < 4.78 is 15.6. The highest BCUT2D eigenvalue weighted by Gasteiger charge is 2.09. The fourth-order valence-electron chi connectivity index (χ4n) is 2.21. The average molecular weight is 371 g/mol. The summed E-state index contributed by atoms with van der Waals surface area (Å²) in [6.45, 7) is 0. The molecule has 134 valence electrons. The number of nitrogens with zero attached hydrogens (tertiary/aromatic N) is 2. The minimum absolute atomic E-state index is 0.171. The molecule has 0 fully saturated rings. The number of hydrogen-bond acceptors (Lipinski definition) is 7. The van der Waals surface area contributed by atoms with Crippen LogP contribution in [0.4, 0.5) is 5.88 Å². The zero-order chi connectivity index (χ0) is 18.4. The number of amides is 1. The topological polar surface area (TPSA) is 86.5 Å². The number of carbonyl (C=O) groups excluding carboxylic acids is 1. The first kappa shape index (κ1) is 17.8. The average Bonchev–Trinajstić information content (AvgIpc) is 3.19. The third-order valence-electron chi connectivity index (χ3n) is 3.45. The number of benzene rings is 1. The number of carbonyl (C=O) groups is 1.